The number of nitrogens with zero attached hydrogens (tertiary/aromatic N) is 1. The molecule has 0 atom stereocenters. The molecule has 2 aromatic rings. The third kappa shape index (κ3) is 5.55. The zero-order valence-electron chi connectivity index (χ0n) is 14.6. The van der Waals surface area contributed by atoms with E-state index in [0.29, 0.717) is 12.1 Å². The molecule has 0 fully saturated rings. The van der Waals surface area contributed by atoms with E-state index in [-0.39, 0.29) is 16.6 Å². The number of amides is 1. The molecule has 140 valence electrons. The van der Waals surface area contributed by atoms with Gasteiger partial charge in [0, 0.05) is 31.1 Å². The minimum absolute atomic E-state index is 0.148. The first-order chi connectivity index (χ1) is 12.3. The van der Waals surface area contributed by atoms with Gasteiger partial charge in [0.15, 0.2) is 0 Å². The third-order valence-electron chi connectivity index (χ3n) is 3.58. The second-order valence-corrected chi connectivity index (χ2v) is 9.04. The maximum atomic E-state index is 12.8. The van der Waals surface area contributed by atoms with Crippen molar-refractivity contribution in [2.45, 2.75) is 16.2 Å². The number of nitrogens with one attached hydrogen (secondary N) is 1. The van der Waals surface area contributed by atoms with Gasteiger partial charge in [-0.2, -0.15) is 0 Å². The lowest BCUT2D eigenvalue weighted by atomic mass is 10.2. The molecule has 0 aliphatic heterocycles. The average Bonchev–Trinajstić information content (AvgIpc) is 2.62. The molecule has 1 amide bonds. The number of benzene rings is 2. The van der Waals surface area contributed by atoms with Gasteiger partial charge in [-0.05, 0) is 60.7 Å². The van der Waals surface area contributed by atoms with Crippen molar-refractivity contribution >= 4 is 27.7 Å². The molecule has 26 heavy (non-hydrogen) atoms. The van der Waals surface area contributed by atoms with Crippen molar-refractivity contribution in [2.24, 2.45) is 0 Å². The van der Waals surface area contributed by atoms with Crippen LogP contribution in [-0.4, -0.2) is 45.0 Å². The van der Waals surface area contributed by atoms with Gasteiger partial charge in [0.1, 0.15) is 5.82 Å². The Labute approximate surface area is 157 Å². The van der Waals surface area contributed by atoms with Crippen molar-refractivity contribution in [1.82, 2.24) is 9.62 Å². The Kier molecular flexibility index (Phi) is 7.19. The van der Waals surface area contributed by atoms with Gasteiger partial charge in [-0.15, -0.1) is 11.8 Å². The maximum absolute atomic E-state index is 12.8. The van der Waals surface area contributed by atoms with Crippen molar-refractivity contribution < 1.29 is 17.6 Å². The van der Waals surface area contributed by atoms with Crippen LogP contribution < -0.4 is 5.32 Å². The monoisotopic (exact) mass is 396 g/mol. The highest BCUT2D eigenvalue weighted by atomic mass is 32.2. The summed E-state index contributed by atoms with van der Waals surface area (Å²) in [5.41, 5.74) is 0.411. The summed E-state index contributed by atoms with van der Waals surface area (Å²) in [7, 11) is -0.581. The fourth-order valence-corrected chi connectivity index (χ4v) is 3.84. The van der Waals surface area contributed by atoms with Gasteiger partial charge < -0.3 is 5.32 Å². The highest BCUT2D eigenvalue weighted by Crippen LogP contribution is 2.18. The Morgan fingerprint density at radius 1 is 1.08 bits per heavy atom. The van der Waals surface area contributed by atoms with Crippen LogP contribution in [0.15, 0.2) is 58.3 Å². The van der Waals surface area contributed by atoms with E-state index in [9.17, 15) is 17.6 Å². The van der Waals surface area contributed by atoms with Gasteiger partial charge in [0.05, 0.1) is 4.90 Å². The highest BCUT2D eigenvalue weighted by Gasteiger charge is 2.17. The van der Waals surface area contributed by atoms with Crippen molar-refractivity contribution in [1.29, 1.82) is 0 Å². The molecule has 2 rings (SSSR count). The molecule has 0 spiro atoms. The van der Waals surface area contributed by atoms with Gasteiger partial charge in [0.2, 0.25) is 10.0 Å². The van der Waals surface area contributed by atoms with Gasteiger partial charge >= 0.3 is 0 Å². The molecule has 0 bridgehead atoms. The zero-order chi connectivity index (χ0) is 19.2. The maximum Gasteiger partial charge on any atom is 0.251 e. The molecule has 5 nitrogen and oxygen atoms in total. The topological polar surface area (TPSA) is 66.5 Å². The first-order valence-corrected chi connectivity index (χ1v) is 10.4. The number of hydrogen-bond donors (Lipinski definition) is 1. The number of carbonyl (C=O) groups excluding carboxylic acids is 1. The van der Waals surface area contributed by atoms with Crippen LogP contribution >= 0.6 is 11.8 Å². The molecular weight excluding hydrogens is 375 g/mol. The molecule has 0 aliphatic carbocycles. The van der Waals surface area contributed by atoms with Crippen LogP contribution in [-0.2, 0) is 10.0 Å². The van der Waals surface area contributed by atoms with E-state index in [1.54, 1.807) is 23.9 Å². The SMILES string of the molecule is CN(C)S(=O)(=O)c1ccc(C(=O)NCCCSc2ccc(F)cc2)cc1. The van der Waals surface area contributed by atoms with Crippen LogP contribution in [0.3, 0.4) is 0 Å². The summed E-state index contributed by atoms with van der Waals surface area (Å²) in [4.78, 5) is 13.2. The fourth-order valence-electron chi connectivity index (χ4n) is 2.09. The smallest absolute Gasteiger partial charge is 0.251 e. The summed E-state index contributed by atoms with van der Waals surface area (Å²) in [5.74, 6) is 0.294. The summed E-state index contributed by atoms with van der Waals surface area (Å²) in [6.07, 6.45) is 0.765. The van der Waals surface area contributed by atoms with Crippen LogP contribution in [0.4, 0.5) is 4.39 Å². The van der Waals surface area contributed by atoms with Crippen molar-refractivity contribution in [2.75, 3.05) is 26.4 Å². The molecule has 1 N–H and O–H groups in total. The third-order valence-corrected chi connectivity index (χ3v) is 6.51. The Morgan fingerprint density at radius 3 is 2.27 bits per heavy atom. The van der Waals surface area contributed by atoms with E-state index in [0.717, 1.165) is 21.4 Å². The summed E-state index contributed by atoms with van der Waals surface area (Å²) in [6, 6.07) is 12.1. The molecule has 0 saturated carbocycles. The predicted octanol–water partition coefficient (Wildman–Crippen LogP) is 2.99. The van der Waals surface area contributed by atoms with Crippen LogP contribution in [0.2, 0.25) is 0 Å². The molecule has 0 aromatic heterocycles. The summed E-state index contributed by atoms with van der Waals surface area (Å²) in [6.45, 7) is 0.505. The first kappa shape index (κ1) is 20.4. The number of rotatable bonds is 8. The lowest BCUT2D eigenvalue weighted by Gasteiger charge is -2.11. The summed E-state index contributed by atoms with van der Waals surface area (Å²) in [5, 5.41) is 2.80. The highest BCUT2D eigenvalue weighted by molar-refractivity contribution is 7.99. The Bertz CT molecular complexity index is 836. The zero-order valence-corrected chi connectivity index (χ0v) is 16.2. The van der Waals surface area contributed by atoms with Gasteiger partial charge in [-0.3, -0.25) is 4.79 Å². The normalized spacial score (nSPS) is 11.5. The first-order valence-electron chi connectivity index (χ1n) is 8.00. The van der Waals surface area contributed by atoms with Crippen molar-refractivity contribution in [3.8, 4) is 0 Å². The van der Waals surface area contributed by atoms with Crippen LogP contribution in [0.5, 0.6) is 0 Å². The minimum atomic E-state index is -3.50. The van der Waals surface area contributed by atoms with Gasteiger partial charge in [-0.1, -0.05) is 0 Å². The Balaban J connectivity index is 1.78. The van der Waals surface area contributed by atoms with Crippen molar-refractivity contribution in [3.63, 3.8) is 0 Å². The number of thioether (sulfide) groups is 1. The van der Waals surface area contributed by atoms with Gasteiger partial charge in [0.25, 0.3) is 5.91 Å². The molecule has 0 radical (unpaired) electrons. The summed E-state index contributed by atoms with van der Waals surface area (Å²) < 4.78 is 37.9. The van der Waals surface area contributed by atoms with E-state index in [4.69, 9.17) is 0 Å². The van der Waals surface area contributed by atoms with Crippen LogP contribution in [0.25, 0.3) is 0 Å². The largest absolute Gasteiger partial charge is 0.352 e. The standard InChI is InChI=1S/C18H21FN2O3S2/c1-21(2)26(23,24)17-10-4-14(5-11-17)18(22)20-12-3-13-25-16-8-6-15(19)7-9-16/h4-11H,3,12-13H2,1-2H3,(H,20,22). The van der Waals surface area contributed by atoms with Crippen LogP contribution in [0.1, 0.15) is 16.8 Å². The molecule has 0 unspecified atom stereocenters. The lowest BCUT2D eigenvalue weighted by molar-refractivity contribution is 0.0953. The average molecular weight is 397 g/mol. The van der Waals surface area contributed by atoms with Gasteiger partial charge in [-0.25, -0.2) is 17.1 Å². The molecule has 8 heteroatoms. The molecule has 2 aromatic carbocycles. The second kappa shape index (κ2) is 9.16. The number of halogens is 1. The number of carbonyl (C=O) groups is 1. The van der Waals surface area contributed by atoms with E-state index < -0.39 is 10.0 Å². The van der Waals surface area contributed by atoms with E-state index in [2.05, 4.69) is 5.32 Å². The quantitative estimate of drug-likeness (QED) is 0.550. The van der Waals surface area contributed by atoms with E-state index in [1.165, 1.54) is 50.5 Å². The number of sulfonamides is 1. The fraction of sp³-hybridized carbons (Fsp3) is 0.278. The summed E-state index contributed by atoms with van der Waals surface area (Å²) >= 11 is 1.59. The lowest BCUT2D eigenvalue weighted by Crippen LogP contribution is -2.25. The number of hydrogen-bond acceptors (Lipinski definition) is 4. The molecular formula is C18H21FN2O3S2. The van der Waals surface area contributed by atoms with Crippen molar-refractivity contribution in [3.05, 3.63) is 59.9 Å². The molecule has 0 heterocycles. The van der Waals surface area contributed by atoms with E-state index in [1.807, 2.05) is 0 Å². The Hall–Kier alpha value is -1.90. The van der Waals surface area contributed by atoms with Crippen LogP contribution in [0, 0.1) is 5.82 Å². The Morgan fingerprint density at radius 2 is 1.69 bits per heavy atom. The molecule has 0 saturated heterocycles. The van der Waals surface area contributed by atoms with E-state index >= 15 is 0 Å². The molecule has 0 aliphatic rings. The predicted molar refractivity (Wildman–Crippen MR) is 101 cm³/mol. The minimum Gasteiger partial charge on any atom is -0.352 e. The second-order valence-electron chi connectivity index (χ2n) is 5.72.